The molecule has 1 aromatic carbocycles. The van der Waals surface area contributed by atoms with Gasteiger partial charge < -0.3 is 9.88 Å². The van der Waals surface area contributed by atoms with Gasteiger partial charge in [-0.25, -0.2) is 19.3 Å². The summed E-state index contributed by atoms with van der Waals surface area (Å²) in [4.78, 5) is 20.7. The lowest BCUT2D eigenvalue weighted by Gasteiger charge is -2.35. The largest absolute Gasteiger partial charge is 0.352 e. The quantitative estimate of drug-likeness (QED) is 0.799. The van der Waals surface area contributed by atoms with Gasteiger partial charge in [-0.15, -0.1) is 0 Å². The van der Waals surface area contributed by atoms with E-state index in [1.807, 2.05) is 19.1 Å². The van der Waals surface area contributed by atoms with Crippen molar-refractivity contribution in [3.63, 3.8) is 0 Å². The number of nitrogens with one attached hydrogen (secondary N) is 1. The van der Waals surface area contributed by atoms with Gasteiger partial charge in [-0.2, -0.15) is 0 Å². The van der Waals surface area contributed by atoms with Gasteiger partial charge >= 0.3 is 0 Å². The van der Waals surface area contributed by atoms with Gasteiger partial charge in [0.25, 0.3) is 0 Å². The zero-order valence-electron chi connectivity index (χ0n) is 13.5. The van der Waals surface area contributed by atoms with E-state index in [-0.39, 0.29) is 5.82 Å². The Kier molecular flexibility index (Phi) is 3.86. The summed E-state index contributed by atoms with van der Waals surface area (Å²) in [6, 6.07) is 6.98. The van der Waals surface area contributed by atoms with E-state index in [0.29, 0.717) is 12.2 Å². The molecule has 0 amide bonds. The van der Waals surface area contributed by atoms with E-state index in [1.54, 1.807) is 12.4 Å². The average molecular weight is 326 g/mol. The van der Waals surface area contributed by atoms with Crippen LogP contribution in [0.15, 0.2) is 30.6 Å². The first-order chi connectivity index (χ1) is 11.7. The summed E-state index contributed by atoms with van der Waals surface area (Å²) in [5.74, 6) is 1.60. The first kappa shape index (κ1) is 15.0. The maximum atomic E-state index is 13.8. The SMILES string of the molecule is Cc1nc2ncnc(N3CCN(Cc4ccccc4F)CC3)c2[nH]1. The Hall–Kier alpha value is -2.54. The van der Waals surface area contributed by atoms with Crippen LogP contribution in [-0.2, 0) is 6.54 Å². The monoisotopic (exact) mass is 326 g/mol. The molecule has 1 fully saturated rings. The number of hydrogen-bond donors (Lipinski definition) is 1. The highest BCUT2D eigenvalue weighted by molar-refractivity contribution is 5.83. The maximum Gasteiger partial charge on any atom is 0.183 e. The third kappa shape index (κ3) is 2.82. The van der Waals surface area contributed by atoms with Crippen LogP contribution in [-0.4, -0.2) is 51.0 Å². The predicted octanol–water partition coefficient (Wildman–Crippen LogP) is 2.12. The fourth-order valence-corrected chi connectivity index (χ4v) is 3.16. The molecule has 7 heteroatoms. The van der Waals surface area contributed by atoms with Crippen LogP contribution >= 0.6 is 0 Å². The zero-order valence-corrected chi connectivity index (χ0v) is 13.5. The topological polar surface area (TPSA) is 60.9 Å². The first-order valence-corrected chi connectivity index (χ1v) is 8.09. The highest BCUT2D eigenvalue weighted by Crippen LogP contribution is 2.22. The Morgan fingerprint density at radius 1 is 1.12 bits per heavy atom. The third-order valence-electron chi connectivity index (χ3n) is 4.41. The molecular formula is C17H19FN6. The number of nitrogens with zero attached hydrogens (tertiary/aromatic N) is 5. The van der Waals surface area contributed by atoms with Crippen LogP contribution in [0.2, 0.25) is 0 Å². The molecule has 4 rings (SSSR count). The van der Waals surface area contributed by atoms with Gasteiger partial charge in [-0.3, -0.25) is 4.90 Å². The van der Waals surface area contributed by atoms with Crippen molar-refractivity contribution in [1.29, 1.82) is 0 Å². The second-order valence-corrected chi connectivity index (χ2v) is 6.07. The van der Waals surface area contributed by atoms with E-state index in [4.69, 9.17) is 0 Å². The molecule has 2 aromatic heterocycles. The van der Waals surface area contributed by atoms with Gasteiger partial charge in [0.1, 0.15) is 23.5 Å². The maximum absolute atomic E-state index is 13.8. The van der Waals surface area contributed by atoms with Crippen LogP contribution in [0.25, 0.3) is 11.2 Å². The summed E-state index contributed by atoms with van der Waals surface area (Å²) in [5, 5.41) is 0. The highest BCUT2D eigenvalue weighted by Gasteiger charge is 2.21. The third-order valence-corrected chi connectivity index (χ3v) is 4.41. The minimum absolute atomic E-state index is 0.134. The summed E-state index contributed by atoms with van der Waals surface area (Å²) < 4.78 is 13.8. The normalized spacial score (nSPS) is 16.0. The zero-order chi connectivity index (χ0) is 16.5. The summed E-state index contributed by atoms with van der Waals surface area (Å²) in [5.41, 5.74) is 2.34. The van der Waals surface area contributed by atoms with Crippen LogP contribution in [0.1, 0.15) is 11.4 Å². The fraction of sp³-hybridized carbons (Fsp3) is 0.353. The van der Waals surface area contributed by atoms with E-state index < -0.39 is 0 Å². The Morgan fingerprint density at radius 2 is 1.92 bits per heavy atom. The number of aryl methyl sites for hydroxylation is 1. The van der Waals surface area contributed by atoms with Crippen molar-refractivity contribution >= 4 is 17.0 Å². The molecule has 0 radical (unpaired) electrons. The van der Waals surface area contributed by atoms with Crippen LogP contribution < -0.4 is 4.90 Å². The van der Waals surface area contributed by atoms with Crippen molar-refractivity contribution in [2.75, 3.05) is 31.1 Å². The summed E-state index contributed by atoms with van der Waals surface area (Å²) >= 11 is 0. The molecule has 0 atom stereocenters. The number of fused-ring (bicyclic) bond motifs is 1. The molecule has 0 unspecified atom stereocenters. The van der Waals surface area contributed by atoms with Gasteiger partial charge in [0.15, 0.2) is 11.5 Å². The van der Waals surface area contributed by atoms with E-state index in [2.05, 4.69) is 29.7 Å². The van der Waals surface area contributed by atoms with Crippen molar-refractivity contribution in [2.45, 2.75) is 13.5 Å². The number of benzene rings is 1. The molecular weight excluding hydrogens is 307 g/mol. The van der Waals surface area contributed by atoms with Crippen LogP contribution in [0.5, 0.6) is 0 Å². The minimum atomic E-state index is -0.134. The van der Waals surface area contributed by atoms with Crippen molar-refractivity contribution in [3.8, 4) is 0 Å². The Balaban J connectivity index is 1.47. The number of aromatic nitrogens is 4. The number of imidazole rings is 1. The molecule has 6 nitrogen and oxygen atoms in total. The molecule has 0 aliphatic carbocycles. The number of hydrogen-bond acceptors (Lipinski definition) is 5. The molecule has 3 heterocycles. The van der Waals surface area contributed by atoms with Crippen molar-refractivity contribution in [3.05, 3.63) is 47.8 Å². The number of aromatic amines is 1. The fourth-order valence-electron chi connectivity index (χ4n) is 3.16. The Labute approximate surface area is 139 Å². The molecule has 1 aliphatic rings. The van der Waals surface area contributed by atoms with E-state index >= 15 is 0 Å². The second-order valence-electron chi connectivity index (χ2n) is 6.07. The van der Waals surface area contributed by atoms with E-state index in [0.717, 1.165) is 48.9 Å². The molecule has 1 saturated heterocycles. The summed E-state index contributed by atoms with van der Waals surface area (Å²) in [7, 11) is 0. The van der Waals surface area contributed by atoms with Gasteiger partial charge in [-0.1, -0.05) is 18.2 Å². The van der Waals surface area contributed by atoms with Crippen molar-refractivity contribution < 1.29 is 4.39 Å². The molecule has 0 saturated carbocycles. The second kappa shape index (κ2) is 6.16. The van der Waals surface area contributed by atoms with Crippen molar-refractivity contribution in [1.82, 2.24) is 24.8 Å². The number of piperazine rings is 1. The van der Waals surface area contributed by atoms with Crippen LogP contribution in [0.3, 0.4) is 0 Å². The number of rotatable bonds is 3. The van der Waals surface area contributed by atoms with E-state index in [9.17, 15) is 4.39 Å². The van der Waals surface area contributed by atoms with Gasteiger partial charge in [0.2, 0.25) is 0 Å². The van der Waals surface area contributed by atoms with Crippen LogP contribution in [0.4, 0.5) is 10.2 Å². The molecule has 0 spiro atoms. The average Bonchev–Trinajstić information content (AvgIpc) is 2.98. The lowest BCUT2D eigenvalue weighted by Crippen LogP contribution is -2.46. The standard InChI is InChI=1S/C17H19FN6/c1-12-21-15-16(22-12)19-11-20-17(15)24-8-6-23(7-9-24)10-13-4-2-3-5-14(13)18/h2-5,11H,6-10H2,1H3,(H,19,20,21,22). The Morgan fingerprint density at radius 3 is 2.71 bits per heavy atom. The molecule has 3 aromatic rings. The highest BCUT2D eigenvalue weighted by atomic mass is 19.1. The molecule has 1 aliphatic heterocycles. The summed E-state index contributed by atoms with van der Waals surface area (Å²) in [6.07, 6.45) is 1.56. The predicted molar refractivity (Wildman–Crippen MR) is 90.3 cm³/mol. The minimum Gasteiger partial charge on any atom is -0.352 e. The smallest absolute Gasteiger partial charge is 0.183 e. The van der Waals surface area contributed by atoms with E-state index in [1.165, 1.54) is 6.07 Å². The molecule has 0 bridgehead atoms. The molecule has 1 N–H and O–H groups in total. The lowest BCUT2D eigenvalue weighted by molar-refractivity contribution is 0.246. The van der Waals surface area contributed by atoms with Gasteiger partial charge in [0.05, 0.1) is 0 Å². The summed E-state index contributed by atoms with van der Waals surface area (Å²) in [6.45, 7) is 5.98. The van der Waals surface area contributed by atoms with Crippen LogP contribution in [0, 0.1) is 12.7 Å². The molecule has 24 heavy (non-hydrogen) atoms. The Bertz CT molecular complexity index is 853. The lowest BCUT2D eigenvalue weighted by atomic mass is 10.2. The number of halogens is 1. The first-order valence-electron chi connectivity index (χ1n) is 8.09. The van der Waals surface area contributed by atoms with Crippen molar-refractivity contribution in [2.24, 2.45) is 0 Å². The van der Waals surface area contributed by atoms with Gasteiger partial charge in [-0.05, 0) is 13.0 Å². The molecule has 124 valence electrons. The van der Waals surface area contributed by atoms with Gasteiger partial charge in [0, 0.05) is 38.3 Å². The number of H-pyrrole nitrogens is 1. The number of anilines is 1.